The fraction of sp³-hybridized carbons (Fsp3) is 0.174. The molecule has 0 saturated heterocycles. The molecule has 1 atom stereocenters. The second-order valence-electron chi connectivity index (χ2n) is 7.02. The number of thiophene rings is 1. The molecule has 2 amide bonds. The lowest BCUT2D eigenvalue weighted by Gasteiger charge is -2.27. The first kappa shape index (κ1) is 21.1. The molecule has 2 aromatic carbocycles. The minimum Gasteiger partial charge on any atom is -0.486 e. The van der Waals surface area contributed by atoms with Crippen molar-refractivity contribution in [1.82, 2.24) is 0 Å². The number of nitrogens with zero attached hydrogens (tertiary/aromatic N) is 1. The third-order valence-electron chi connectivity index (χ3n) is 5.05. The quantitative estimate of drug-likeness (QED) is 0.506. The minimum absolute atomic E-state index is 0.0372. The van der Waals surface area contributed by atoms with Gasteiger partial charge in [0.15, 0.2) is 0 Å². The molecular weight excluding hydrogens is 438 g/mol. The van der Waals surface area contributed by atoms with E-state index in [4.69, 9.17) is 16.3 Å². The van der Waals surface area contributed by atoms with Crippen LogP contribution >= 0.6 is 22.9 Å². The van der Waals surface area contributed by atoms with Gasteiger partial charge in [-0.1, -0.05) is 48.9 Å². The van der Waals surface area contributed by atoms with Gasteiger partial charge in [0.1, 0.15) is 16.7 Å². The fourth-order valence-corrected chi connectivity index (χ4v) is 4.68. The van der Waals surface area contributed by atoms with Crippen molar-refractivity contribution in [3.8, 4) is 5.75 Å². The number of imide groups is 1. The molecule has 31 heavy (non-hydrogen) atoms. The summed E-state index contributed by atoms with van der Waals surface area (Å²) in [5.41, 5.74) is 1.63. The second kappa shape index (κ2) is 8.53. The van der Waals surface area contributed by atoms with E-state index in [1.165, 1.54) is 0 Å². The molecule has 0 aliphatic carbocycles. The maximum Gasteiger partial charge on any atom is 0.346 e. The number of hydrogen-bond acceptors (Lipinski definition) is 5. The maximum absolute atomic E-state index is 13.1. The first-order valence-corrected chi connectivity index (χ1v) is 10.9. The second-order valence-corrected chi connectivity index (χ2v) is 8.31. The van der Waals surface area contributed by atoms with Crippen molar-refractivity contribution < 1.29 is 24.2 Å². The van der Waals surface area contributed by atoms with Gasteiger partial charge >= 0.3 is 5.97 Å². The van der Waals surface area contributed by atoms with Crippen LogP contribution in [0.4, 0.5) is 5.69 Å². The summed E-state index contributed by atoms with van der Waals surface area (Å²) >= 11 is 7.27. The summed E-state index contributed by atoms with van der Waals surface area (Å²) in [6.45, 7) is 2.00. The molecule has 3 aromatic rings. The number of aromatic carboxylic acids is 1. The SMILES string of the molecule is CCC(Oc1ccc(Cl)c(N2C(=O)Cc3csc(C(=O)O)c3C2=O)c1)c1ccccc1. The molecule has 8 heteroatoms. The van der Waals surface area contributed by atoms with E-state index in [1.807, 2.05) is 37.3 Å². The average Bonchev–Trinajstić information content (AvgIpc) is 3.19. The molecule has 0 saturated carbocycles. The van der Waals surface area contributed by atoms with E-state index >= 15 is 0 Å². The molecular formula is C23H18ClNO5S. The van der Waals surface area contributed by atoms with Gasteiger partial charge in [-0.2, -0.15) is 0 Å². The Kier molecular flexibility index (Phi) is 5.80. The van der Waals surface area contributed by atoms with Gasteiger partial charge in [0.05, 0.1) is 22.7 Å². The number of fused-ring (bicyclic) bond motifs is 1. The summed E-state index contributed by atoms with van der Waals surface area (Å²) in [5.74, 6) is -1.92. The van der Waals surface area contributed by atoms with Crippen LogP contribution in [-0.4, -0.2) is 22.9 Å². The van der Waals surface area contributed by atoms with Crippen molar-refractivity contribution in [2.24, 2.45) is 0 Å². The lowest BCUT2D eigenvalue weighted by Crippen LogP contribution is -2.42. The van der Waals surface area contributed by atoms with Gasteiger partial charge in [-0.15, -0.1) is 11.3 Å². The van der Waals surface area contributed by atoms with Crippen molar-refractivity contribution >= 4 is 46.4 Å². The van der Waals surface area contributed by atoms with E-state index in [1.54, 1.807) is 23.6 Å². The topological polar surface area (TPSA) is 83.9 Å². The molecule has 1 aliphatic heterocycles. The third kappa shape index (κ3) is 3.94. The van der Waals surface area contributed by atoms with Crippen LogP contribution in [0.2, 0.25) is 5.02 Å². The molecule has 1 aliphatic rings. The Balaban J connectivity index is 1.70. The van der Waals surface area contributed by atoms with Crippen molar-refractivity contribution in [2.75, 3.05) is 4.90 Å². The molecule has 2 heterocycles. The fourth-order valence-electron chi connectivity index (χ4n) is 3.58. The van der Waals surface area contributed by atoms with Gasteiger partial charge in [0.25, 0.3) is 5.91 Å². The monoisotopic (exact) mass is 455 g/mol. The molecule has 1 unspecified atom stereocenters. The highest BCUT2D eigenvalue weighted by Crippen LogP contribution is 2.37. The number of halogens is 1. The zero-order chi connectivity index (χ0) is 22.1. The smallest absolute Gasteiger partial charge is 0.346 e. The maximum atomic E-state index is 13.1. The highest BCUT2D eigenvalue weighted by molar-refractivity contribution is 7.12. The van der Waals surface area contributed by atoms with Crippen molar-refractivity contribution in [3.63, 3.8) is 0 Å². The summed E-state index contributed by atoms with van der Waals surface area (Å²) in [7, 11) is 0. The minimum atomic E-state index is -1.20. The number of rotatable bonds is 6. The molecule has 158 valence electrons. The van der Waals surface area contributed by atoms with Gasteiger partial charge in [-0.05, 0) is 35.1 Å². The zero-order valence-electron chi connectivity index (χ0n) is 16.5. The third-order valence-corrected chi connectivity index (χ3v) is 6.38. The van der Waals surface area contributed by atoms with E-state index in [0.29, 0.717) is 17.7 Å². The van der Waals surface area contributed by atoms with Crippen LogP contribution in [0, 0.1) is 0 Å². The van der Waals surface area contributed by atoms with Crippen LogP contribution in [0.25, 0.3) is 0 Å². The van der Waals surface area contributed by atoms with E-state index in [2.05, 4.69) is 0 Å². The van der Waals surface area contributed by atoms with Crippen molar-refractivity contribution in [2.45, 2.75) is 25.9 Å². The van der Waals surface area contributed by atoms with Gasteiger partial charge in [0, 0.05) is 6.07 Å². The summed E-state index contributed by atoms with van der Waals surface area (Å²) in [4.78, 5) is 38.3. The number of carbonyl (C=O) groups is 3. The number of ether oxygens (including phenoxy) is 1. The number of carboxylic acid groups (broad SMARTS) is 1. The van der Waals surface area contributed by atoms with Crippen LogP contribution in [0.15, 0.2) is 53.9 Å². The lowest BCUT2D eigenvalue weighted by atomic mass is 10.0. The molecule has 0 spiro atoms. The van der Waals surface area contributed by atoms with E-state index in [0.717, 1.165) is 21.8 Å². The van der Waals surface area contributed by atoms with Crippen molar-refractivity contribution in [1.29, 1.82) is 0 Å². The van der Waals surface area contributed by atoms with Crippen LogP contribution < -0.4 is 9.64 Å². The number of carbonyl (C=O) groups excluding carboxylic acids is 2. The van der Waals surface area contributed by atoms with Crippen LogP contribution in [0.1, 0.15) is 50.6 Å². The largest absolute Gasteiger partial charge is 0.486 e. The predicted octanol–water partition coefficient (Wildman–Crippen LogP) is 5.36. The summed E-state index contributed by atoms with van der Waals surface area (Å²) < 4.78 is 6.12. The number of hydrogen-bond donors (Lipinski definition) is 1. The Hall–Kier alpha value is -3.16. The van der Waals surface area contributed by atoms with Gasteiger partial charge in [0.2, 0.25) is 5.91 Å². The molecule has 0 fully saturated rings. The van der Waals surface area contributed by atoms with Crippen LogP contribution in [-0.2, 0) is 11.2 Å². The van der Waals surface area contributed by atoms with E-state index < -0.39 is 17.8 Å². The number of amides is 2. The Morgan fingerprint density at radius 1 is 1.23 bits per heavy atom. The molecule has 0 radical (unpaired) electrons. The molecule has 1 aromatic heterocycles. The van der Waals surface area contributed by atoms with Crippen molar-refractivity contribution in [3.05, 3.63) is 80.5 Å². The lowest BCUT2D eigenvalue weighted by molar-refractivity contribution is -0.117. The van der Waals surface area contributed by atoms with Gasteiger partial charge in [-0.25, -0.2) is 9.69 Å². The number of anilines is 1. The summed E-state index contributed by atoms with van der Waals surface area (Å²) in [6.07, 6.45) is 0.419. The molecule has 4 rings (SSSR count). The Bertz CT molecular complexity index is 1170. The molecule has 6 nitrogen and oxygen atoms in total. The first-order chi connectivity index (χ1) is 14.9. The van der Waals surface area contributed by atoms with Gasteiger partial charge < -0.3 is 9.84 Å². The Morgan fingerprint density at radius 3 is 2.65 bits per heavy atom. The predicted molar refractivity (Wildman–Crippen MR) is 118 cm³/mol. The highest BCUT2D eigenvalue weighted by atomic mass is 35.5. The van der Waals surface area contributed by atoms with E-state index in [-0.39, 0.29) is 33.7 Å². The zero-order valence-corrected chi connectivity index (χ0v) is 18.1. The normalized spacial score (nSPS) is 14.3. The standard InChI is InChI=1S/C23H18ClNO5S/c1-2-18(13-6-4-3-5-7-13)30-15-8-9-16(24)17(11-15)25-19(26)10-14-12-31-21(23(28)29)20(14)22(25)27/h3-9,11-12,18H,2,10H2,1H3,(H,28,29). The molecule has 1 N–H and O–H groups in total. The van der Waals surface area contributed by atoms with E-state index in [9.17, 15) is 19.5 Å². The van der Waals surface area contributed by atoms with Gasteiger partial charge in [-0.3, -0.25) is 9.59 Å². The first-order valence-electron chi connectivity index (χ1n) is 9.62. The summed E-state index contributed by atoms with van der Waals surface area (Å²) in [6, 6.07) is 14.5. The van der Waals surface area contributed by atoms with Crippen LogP contribution in [0.3, 0.4) is 0 Å². The molecule has 0 bridgehead atoms. The van der Waals surface area contributed by atoms with Crippen LogP contribution in [0.5, 0.6) is 5.75 Å². The Labute approximate surface area is 187 Å². The highest BCUT2D eigenvalue weighted by Gasteiger charge is 2.37. The Morgan fingerprint density at radius 2 is 1.97 bits per heavy atom. The average molecular weight is 456 g/mol. The number of carboxylic acids is 1. The summed E-state index contributed by atoms with van der Waals surface area (Å²) in [5, 5.41) is 11.1. The number of benzene rings is 2.